The lowest BCUT2D eigenvalue weighted by molar-refractivity contribution is -0.274. The van der Waals surface area contributed by atoms with Crippen molar-refractivity contribution in [2.24, 2.45) is 0 Å². The molecule has 190 valence electrons. The summed E-state index contributed by atoms with van der Waals surface area (Å²) in [5.41, 5.74) is 1.20. The third-order valence-electron chi connectivity index (χ3n) is 7.10. The van der Waals surface area contributed by atoms with E-state index in [0.29, 0.717) is 68.6 Å². The number of aliphatic hydroxyl groups excluding tert-OH is 1. The van der Waals surface area contributed by atoms with Gasteiger partial charge in [-0.05, 0) is 56.2 Å². The lowest BCUT2D eigenvalue weighted by Crippen LogP contribution is -2.51. The molecule has 2 aliphatic heterocycles. The number of halogens is 3. The number of amides is 2. The van der Waals surface area contributed by atoms with E-state index in [1.807, 2.05) is 0 Å². The monoisotopic (exact) mass is 494 g/mol. The zero-order valence-corrected chi connectivity index (χ0v) is 19.5. The number of aromatic nitrogens is 2. The van der Waals surface area contributed by atoms with E-state index in [2.05, 4.69) is 14.9 Å². The van der Waals surface area contributed by atoms with E-state index >= 15 is 0 Å². The summed E-state index contributed by atoms with van der Waals surface area (Å²) >= 11 is 0. The van der Waals surface area contributed by atoms with Crippen LogP contribution in [0.15, 0.2) is 22.7 Å². The lowest BCUT2D eigenvalue weighted by Gasteiger charge is -2.40. The zero-order chi connectivity index (χ0) is 24.7. The largest absolute Gasteiger partial charge is 0.573 e. The summed E-state index contributed by atoms with van der Waals surface area (Å²) in [5.74, 6) is 1.00. The quantitative estimate of drug-likeness (QED) is 0.681. The molecule has 2 amide bonds. The molecule has 5 rings (SSSR count). The van der Waals surface area contributed by atoms with E-state index in [0.717, 1.165) is 18.4 Å². The van der Waals surface area contributed by atoms with Crippen LogP contribution >= 0.6 is 0 Å². The van der Waals surface area contributed by atoms with E-state index < -0.39 is 6.36 Å². The summed E-state index contributed by atoms with van der Waals surface area (Å²) in [7, 11) is 0. The Balaban J connectivity index is 1.38. The predicted octanol–water partition coefficient (Wildman–Crippen LogP) is 4.30. The summed E-state index contributed by atoms with van der Waals surface area (Å²) in [6, 6.07) is 4.54. The maximum Gasteiger partial charge on any atom is 0.573 e. The SMILES string of the molecule is Cc1cc(C2CC(c3nc(C4CC4)no3)CN(C(=O)N3CCC(O)CC3)C2)ccc1OC(F)(F)F. The summed E-state index contributed by atoms with van der Waals surface area (Å²) in [5, 5.41) is 13.9. The highest BCUT2D eigenvalue weighted by Crippen LogP contribution is 2.41. The van der Waals surface area contributed by atoms with Gasteiger partial charge in [0.05, 0.1) is 12.0 Å². The minimum absolute atomic E-state index is 0.109. The van der Waals surface area contributed by atoms with Gasteiger partial charge in [0.1, 0.15) is 5.75 Å². The van der Waals surface area contributed by atoms with Crippen molar-refractivity contribution in [1.29, 1.82) is 0 Å². The first-order valence-electron chi connectivity index (χ1n) is 12.1. The number of aryl methyl sites for hydroxylation is 1. The topological polar surface area (TPSA) is 91.9 Å². The van der Waals surface area contributed by atoms with E-state index in [1.165, 1.54) is 6.07 Å². The molecule has 2 atom stereocenters. The number of carbonyl (C=O) groups is 1. The molecule has 2 aromatic rings. The molecule has 1 aromatic carbocycles. The molecule has 3 fully saturated rings. The Morgan fingerprint density at radius 2 is 1.80 bits per heavy atom. The zero-order valence-electron chi connectivity index (χ0n) is 19.5. The van der Waals surface area contributed by atoms with Crippen LogP contribution in [0.3, 0.4) is 0 Å². The molecule has 8 nitrogen and oxygen atoms in total. The maximum atomic E-state index is 13.4. The van der Waals surface area contributed by atoms with Crippen molar-refractivity contribution in [2.75, 3.05) is 26.2 Å². The molecule has 2 saturated heterocycles. The Morgan fingerprint density at radius 3 is 2.46 bits per heavy atom. The summed E-state index contributed by atoms with van der Waals surface area (Å²) in [6.07, 6.45) is -1.34. The Hall–Kier alpha value is -2.82. The standard InChI is InChI=1S/C24H29F3N4O4/c1-14-10-16(4-5-20(14)34-24(25,26)27)17-11-18(22-28-21(29-35-22)15-2-3-15)13-31(12-17)23(33)30-8-6-19(32)7-9-30/h4-5,10,15,17-19,32H,2-3,6-9,11-13H2,1H3. The van der Waals surface area contributed by atoms with Crippen LogP contribution in [-0.2, 0) is 0 Å². The molecule has 0 bridgehead atoms. The number of benzene rings is 1. The minimum Gasteiger partial charge on any atom is -0.406 e. The van der Waals surface area contributed by atoms with Gasteiger partial charge in [-0.1, -0.05) is 17.3 Å². The molecule has 2 unspecified atom stereocenters. The van der Waals surface area contributed by atoms with Crippen LogP contribution in [-0.4, -0.2) is 69.7 Å². The Labute approximate surface area is 201 Å². The molecule has 1 aliphatic carbocycles. The Kier molecular flexibility index (Phi) is 6.37. The van der Waals surface area contributed by atoms with Gasteiger partial charge in [-0.2, -0.15) is 4.98 Å². The van der Waals surface area contributed by atoms with Crippen LogP contribution in [0.5, 0.6) is 5.75 Å². The minimum atomic E-state index is -4.76. The fraction of sp³-hybridized carbons (Fsp3) is 0.625. The van der Waals surface area contributed by atoms with E-state index in [1.54, 1.807) is 28.9 Å². The van der Waals surface area contributed by atoms with Gasteiger partial charge in [-0.3, -0.25) is 0 Å². The number of hydrogen-bond donors (Lipinski definition) is 1. The number of rotatable bonds is 4. The predicted molar refractivity (Wildman–Crippen MR) is 118 cm³/mol. The first kappa shape index (κ1) is 23.9. The van der Waals surface area contributed by atoms with Crippen LogP contribution in [0.2, 0.25) is 0 Å². The first-order valence-corrected chi connectivity index (χ1v) is 12.1. The molecule has 0 spiro atoms. The average Bonchev–Trinajstić information content (AvgIpc) is 3.55. The highest BCUT2D eigenvalue weighted by atomic mass is 19.4. The first-order chi connectivity index (χ1) is 16.7. The van der Waals surface area contributed by atoms with Gasteiger partial charge in [0.25, 0.3) is 0 Å². The Bertz CT molecular complexity index is 1060. The number of piperidine rings is 2. The van der Waals surface area contributed by atoms with Gasteiger partial charge < -0.3 is 24.2 Å². The maximum absolute atomic E-state index is 13.4. The van der Waals surface area contributed by atoms with Gasteiger partial charge in [0, 0.05) is 38.0 Å². The second kappa shape index (κ2) is 9.33. The van der Waals surface area contributed by atoms with Crippen LogP contribution < -0.4 is 4.74 Å². The van der Waals surface area contributed by atoms with Gasteiger partial charge in [-0.15, -0.1) is 13.2 Å². The number of alkyl halides is 3. The van der Waals surface area contributed by atoms with Gasteiger partial charge in [-0.25, -0.2) is 4.79 Å². The molecule has 1 saturated carbocycles. The van der Waals surface area contributed by atoms with Gasteiger partial charge in [0.15, 0.2) is 5.82 Å². The summed E-state index contributed by atoms with van der Waals surface area (Å²) in [4.78, 5) is 21.5. The number of urea groups is 1. The summed E-state index contributed by atoms with van der Waals surface area (Å²) in [6.45, 7) is 3.40. The van der Waals surface area contributed by atoms with Crippen LogP contribution in [0.1, 0.15) is 72.7 Å². The average molecular weight is 495 g/mol. The lowest BCUT2D eigenvalue weighted by atomic mass is 9.84. The molecular formula is C24H29F3N4O4. The third kappa shape index (κ3) is 5.55. The molecule has 3 aliphatic rings. The molecular weight excluding hydrogens is 465 g/mol. The second-order valence-corrected chi connectivity index (χ2v) is 9.87. The highest BCUT2D eigenvalue weighted by molar-refractivity contribution is 5.75. The van der Waals surface area contributed by atoms with Crippen molar-refractivity contribution >= 4 is 6.03 Å². The molecule has 11 heteroatoms. The normalized spacial score (nSPS) is 24.0. The van der Waals surface area contributed by atoms with Crippen molar-refractivity contribution in [2.45, 2.75) is 69.2 Å². The third-order valence-corrected chi connectivity index (χ3v) is 7.10. The number of hydrogen-bond acceptors (Lipinski definition) is 6. The number of nitrogens with zero attached hydrogens (tertiary/aromatic N) is 4. The number of aliphatic hydroxyl groups is 1. The van der Waals surface area contributed by atoms with Gasteiger partial charge >= 0.3 is 12.4 Å². The van der Waals surface area contributed by atoms with Gasteiger partial charge in [0.2, 0.25) is 5.89 Å². The summed E-state index contributed by atoms with van der Waals surface area (Å²) < 4.78 is 47.8. The van der Waals surface area contributed by atoms with Crippen molar-refractivity contribution in [3.8, 4) is 5.75 Å². The molecule has 35 heavy (non-hydrogen) atoms. The van der Waals surface area contributed by atoms with Crippen LogP contribution in [0.25, 0.3) is 0 Å². The van der Waals surface area contributed by atoms with Crippen LogP contribution in [0.4, 0.5) is 18.0 Å². The van der Waals surface area contributed by atoms with Crippen molar-refractivity contribution in [3.05, 3.63) is 41.0 Å². The Morgan fingerprint density at radius 1 is 1.09 bits per heavy atom. The molecule has 0 radical (unpaired) electrons. The number of ether oxygens (including phenoxy) is 1. The second-order valence-electron chi connectivity index (χ2n) is 9.87. The van der Waals surface area contributed by atoms with E-state index in [9.17, 15) is 23.1 Å². The molecule has 1 N–H and O–H groups in total. The smallest absolute Gasteiger partial charge is 0.406 e. The van der Waals surface area contributed by atoms with Crippen molar-refractivity contribution < 1.29 is 32.3 Å². The fourth-order valence-corrected chi connectivity index (χ4v) is 5.02. The van der Waals surface area contributed by atoms with Crippen molar-refractivity contribution in [1.82, 2.24) is 19.9 Å². The highest BCUT2D eigenvalue weighted by Gasteiger charge is 2.38. The fourth-order valence-electron chi connectivity index (χ4n) is 5.02. The van der Waals surface area contributed by atoms with E-state index in [4.69, 9.17) is 4.52 Å². The number of likely N-dealkylation sites (tertiary alicyclic amines) is 2. The van der Waals surface area contributed by atoms with E-state index in [-0.39, 0.29) is 29.7 Å². The van der Waals surface area contributed by atoms with Crippen LogP contribution in [0, 0.1) is 6.92 Å². The van der Waals surface area contributed by atoms with Crippen molar-refractivity contribution in [3.63, 3.8) is 0 Å². The number of carbonyl (C=O) groups excluding carboxylic acids is 1. The molecule has 3 heterocycles. The molecule has 1 aromatic heterocycles.